The molecule has 1 unspecified atom stereocenters. The number of carbonyl (C=O) groups excluding carboxylic acids is 2. The number of primary amides is 1. The number of nitrogens with zero attached hydrogens (tertiary/aromatic N) is 1. The third-order valence-electron chi connectivity index (χ3n) is 2.27. The van der Waals surface area contributed by atoms with Crippen molar-refractivity contribution >= 4 is 11.8 Å². The van der Waals surface area contributed by atoms with Gasteiger partial charge >= 0.3 is 0 Å². The van der Waals surface area contributed by atoms with E-state index in [1.54, 1.807) is 0 Å². The normalized spacial score (nSPS) is 16.1. The Morgan fingerprint density at radius 1 is 1.21 bits per heavy atom. The van der Waals surface area contributed by atoms with Crippen molar-refractivity contribution in [1.82, 2.24) is 10.2 Å². The van der Waals surface area contributed by atoms with E-state index in [0.717, 1.165) is 13.1 Å². The first kappa shape index (κ1) is 20.2. The number of nitrogens with one attached hydrogen (secondary N) is 1. The molecule has 6 nitrogen and oxygen atoms in total. The summed E-state index contributed by atoms with van der Waals surface area (Å²) in [5.74, 6) is -0.747. The van der Waals surface area contributed by atoms with Crippen molar-refractivity contribution in [2.45, 2.75) is 40.7 Å². The van der Waals surface area contributed by atoms with Gasteiger partial charge in [0.2, 0.25) is 11.8 Å². The molecule has 0 bridgehead atoms. The van der Waals surface area contributed by atoms with E-state index in [-0.39, 0.29) is 5.91 Å². The summed E-state index contributed by atoms with van der Waals surface area (Å²) < 4.78 is 5.18. The van der Waals surface area contributed by atoms with E-state index in [1.807, 2.05) is 27.7 Å². The van der Waals surface area contributed by atoms with Gasteiger partial charge in [-0.05, 0) is 0 Å². The highest BCUT2D eigenvalue weighted by Crippen LogP contribution is 1.98. The van der Waals surface area contributed by atoms with Gasteiger partial charge in [0.05, 0.1) is 13.2 Å². The fourth-order valence-corrected chi connectivity index (χ4v) is 1.49. The minimum Gasteiger partial charge on any atom is -0.379 e. The van der Waals surface area contributed by atoms with Crippen LogP contribution in [0.1, 0.15) is 34.6 Å². The Morgan fingerprint density at radius 2 is 1.68 bits per heavy atom. The van der Waals surface area contributed by atoms with Gasteiger partial charge in [0.25, 0.3) is 0 Å². The average molecular weight is 275 g/mol. The molecule has 1 saturated heterocycles. The Hall–Kier alpha value is -1.14. The van der Waals surface area contributed by atoms with Gasteiger partial charge in [-0.2, -0.15) is 0 Å². The van der Waals surface area contributed by atoms with Crippen LogP contribution in [-0.2, 0) is 14.3 Å². The van der Waals surface area contributed by atoms with E-state index in [2.05, 4.69) is 10.2 Å². The molecule has 3 N–H and O–H groups in total. The van der Waals surface area contributed by atoms with Crippen LogP contribution in [-0.4, -0.2) is 55.6 Å². The minimum atomic E-state index is -0.611. The van der Waals surface area contributed by atoms with Crippen molar-refractivity contribution in [3.05, 3.63) is 0 Å². The summed E-state index contributed by atoms with van der Waals surface area (Å²) in [6.07, 6.45) is 0. The molecule has 0 aromatic rings. The van der Waals surface area contributed by atoms with Crippen molar-refractivity contribution in [3.8, 4) is 0 Å². The van der Waals surface area contributed by atoms with Crippen LogP contribution in [0.3, 0.4) is 0 Å². The second-order valence-electron chi connectivity index (χ2n) is 3.57. The van der Waals surface area contributed by atoms with E-state index in [0.29, 0.717) is 19.8 Å². The zero-order chi connectivity index (χ0) is 15.3. The molecule has 1 atom stereocenters. The predicted octanol–water partition coefficient (Wildman–Crippen LogP) is 0.361. The quantitative estimate of drug-likeness (QED) is 0.776. The van der Waals surface area contributed by atoms with Crippen molar-refractivity contribution in [1.29, 1.82) is 0 Å². The van der Waals surface area contributed by atoms with E-state index < -0.39 is 11.9 Å². The maximum atomic E-state index is 11.1. The zero-order valence-electron chi connectivity index (χ0n) is 12.9. The lowest BCUT2D eigenvalue weighted by Crippen LogP contribution is -2.52. The topological polar surface area (TPSA) is 84.7 Å². The van der Waals surface area contributed by atoms with Gasteiger partial charge in [0, 0.05) is 26.6 Å². The third-order valence-corrected chi connectivity index (χ3v) is 2.27. The van der Waals surface area contributed by atoms with Gasteiger partial charge in [-0.3, -0.25) is 14.5 Å². The molecule has 0 aromatic heterocycles. The largest absolute Gasteiger partial charge is 0.379 e. The van der Waals surface area contributed by atoms with Crippen molar-refractivity contribution in [2.75, 3.05) is 32.8 Å². The molecule has 0 spiro atoms. The number of amides is 2. The van der Waals surface area contributed by atoms with Gasteiger partial charge in [0.1, 0.15) is 6.04 Å². The lowest BCUT2D eigenvalue weighted by molar-refractivity contribution is -0.126. The molecule has 114 valence electrons. The fourth-order valence-electron chi connectivity index (χ4n) is 1.49. The minimum absolute atomic E-state index is 0.243. The lowest BCUT2D eigenvalue weighted by atomic mass is 10.2. The SMILES string of the molecule is CC.CC.CC(=O)NC(CN1CCOCC1)C(N)=O. The fraction of sp³-hybridized carbons (Fsp3) is 0.846. The molecule has 2 amide bonds. The van der Waals surface area contributed by atoms with E-state index in [4.69, 9.17) is 10.5 Å². The Kier molecular flexibility index (Phi) is 14.1. The van der Waals surface area contributed by atoms with Crippen LogP contribution in [0, 0.1) is 0 Å². The molecule has 1 aliphatic heterocycles. The summed E-state index contributed by atoms with van der Waals surface area (Å²) in [5.41, 5.74) is 5.19. The maximum absolute atomic E-state index is 11.1. The first-order chi connectivity index (χ1) is 9.09. The van der Waals surface area contributed by atoms with E-state index in [9.17, 15) is 9.59 Å². The molecule has 0 saturated carbocycles. The first-order valence-electron chi connectivity index (χ1n) is 6.96. The van der Waals surface area contributed by atoms with E-state index >= 15 is 0 Å². The second kappa shape index (κ2) is 13.3. The summed E-state index contributed by atoms with van der Waals surface area (Å²) in [6.45, 7) is 12.7. The Labute approximate surface area is 116 Å². The zero-order valence-corrected chi connectivity index (χ0v) is 12.9. The number of morpholine rings is 1. The molecule has 1 fully saturated rings. The maximum Gasteiger partial charge on any atom is 0.241 e. The molecule has 0 aromatic carbocycles. The van der Waals surface area contributed by atoms with Crippen molar-refractivity contribution < 1.29 is 14.3 Å². The lowest BCUT2D eigenvalue weighted by Gasteiger charge is -2.29. The van der Waals surface area contributed by atoms with Gasteiger partial charge < -0.3 is 15.8 Å². The predicted molar refractivity (Wildman–Crippen MR) is 76.8 cm³/mol. The molecular weight excluding hydrogens is 246 g/mol. The van der Waals surface area contributed by atoms with Gasteiger partial charge in [-0.25, -0.2) is 0 Å². The average Bonchev–Trinajstić information content (AvgIpc) is 2.43. The third kappa shape index (κ3) is 10.5. The summed E-state index contributed by atoms with van der Waals surface area (Å²) in [5, 5.41) is 2.53. The Balaban J connectivity index is 0. The van der Waals surface area contributed by atoms with Gasteiger partial charge in [0.15, 0.2) is 0 Å². The van der Waals surface area contributed by atoms with Crippen molar-refractivity contribution in [2.24, 2.45) is 5.73 Å². The summed E-state index contributed by atoms with van der Waals surface area (Å²) >= 11 is 0. The molecule has 1 aliphatic rings. The summed E-state index contributed by atoms with van der Waals surface area (Å²) in [7, 11) is 0. The van der Waals surface area contributed by atoms with Crippen LogP contribution in [0.2, 0.25) is 0 Å². The molecule has 19 heavy (non-hydrogen) atoms. The van der Waals surface area contributed by atoms with Crippen LogP contribution < -0.4 is 11.1 Å². The number of hydrogen-bond acceptors (Lipinski definition) is 4. The standard InChI is InChI=1S/C9H17N3O3.2C2H6/c1-7(13)11-8(9(10)14)6-12-2-4-15-5-3-12;2*1-2/h8H,2-6H2,1H3,(H2,10,14)(H,11,13);2*1-2H3. The van der Waals surface area contributed by atoms with Gasteiger partial charge in [-0.15, -0.1) is 0 Å². The van der Waals surface area contributed by atoms with Crippen LogP contribution in [0.5, 0.6) is 0 Å². The summed E-state index contributed by atoms with van der Waals surface area (Å²) in [6, 6.07) is -0.611. The highest BCUT2D eigenvalue weighted by molar-refractivity contribution is 5.85. The number of hydrogen-bond donors (Lipinski definition) is 2. The van der Waals surface area contributed by atoms with Crippen molar-refractivity contribution in [3.63, 3.8) is 0 Å². The Morgan fingerprint density at radius 3 is 2.05 bits per heavy atom. The van der Waals surface area contributed by atoms with Gasteiger partial charge in [-0.1, -0.05) is 27.7 Å². The molecule has 6 heteroatoms. The van der Waals surface area contributed by atoms with Crippen LogP contribution in [0.25, 0.3) is 0 Å². The van der Waals surface area contributed by atoms with Crippen LogP contribution in [0.4, 0.5) is 0 Å². The number of carbonyl (C=O) groups is 2. The highest BCUT2D eigenvalue weighted by Gasteiger charge is 2.21. The molecule has 0 aliphatic carbocycles. The monoisotopic (exact) mass is 275 g/mol. The summed E-state index contributed by atoms with van der Waals surface area (Å²) in [4.78, 5) is 23.9. The Bertz CT molecular complexity index is 241. The highest BCUT2D eigenvalue weighted by atomic mass is 16.5. The molecule has 0 radical (unpaired) electrons. The number of ether oxygens (including phenoxy) is 1. The second-order valence-corrected chi connectivity index (χ2v) is 3.57. The number of nitrogens with two attached hydrogens (primary N) is 1. The number of rotatable bonds is 4. The molecular formula is C13H29N3O3. The van der Waals surface area contributed by atoms with E-state index in [1.165, 1.54) is 6.92 Å². The van der Waals surface area contributed by atoms with Crippen LogP contribution >= 0.6 is 0 Å². The molecule has 1 rings (SSSR count). The molecule has 1 heterocycles. The van der Waals surface area contributed by atoms with Crippen LogP contribution in [0.15, 0.2) is 0 Å². The smallest absolute Gasteiger partial charge is 0.241 e. The first-order valence-corrected chi connectivity index (χ1v) is 6.96.